The van der Waals surface area contributed by atoms with Crippen molar-refractivity contribution in [1.82, 2.24) is 15.2 Å². The SMILES string of the molecule is CC(C)(C)OC(=O)N1CC2(C[C@H](NC(=O)Nc3cccnc3)CO2)C1. The van der Waals surface area contributed by atoms with Crippen molar-refractivity contribution in [3.05, 3.63) is 24.5 Å². The van der Waals surface area contributed by atoms with Gasteiger partial charge in [-0.2, -0.15) is 0 Å². The van der Waals surface area contributed by atoms with Crippen LogP contribution < -0.4 is 10.6 Å². The number of hydrogen-bond acceptors (Lipinski definition) is 5. The van der Waals surface area contributed by atoms with E-state index in [-0.39, 0.29) is 23.8 Å². The normalized spacial score (nSPS) is 21.6. The number of anilines is 1. The molecular weight excluding hydrogens is 324 g/mol. The zero-order chi connectivity index (χ0) is 18.1. The maximum atomic E-state index is 12.0. The predicted molar refractivity (Wildman–Crippen MR) is 91.3 cm³/mol. The Hall–Kier alpha value is -2.35. The van der Waals surface area contributed by atoms with Crippen molar-refractivity contribution in [2.45, 2.75) is 44.4 Å². The molecule has 1 aromatic heterocycles. The van der Waals surface area contributed by atoms with E-state index < -0.39 is 5.60 Å². The van der Waals surface area contributed by atoms with Crippen LogP contribution in [0.25, 0.3) is 0 Å². The van der Waals surface area contributed by atoms with Crippen LogP contribution in [0.5, 0.6) is 0 Å². The van der Waals surface area contributed by atoms with Crippen LogP contribution in [0, 0.1) is 0 Å². The Balaban J connectivity index is 1.44. The predicted octanol–water partition coefficient (Wildman–Crippen LogP) is 1.98. The van der Waals surface area contributed by atoms with Gasteiger partial charge in [0.1, 0.15) is 11.2 Å². The maximum Gasteiger partial charge on any atom is 0.410 e. The van der Waals surface area contributed by atoms with Crippen LogP contribution in [0.1, 0.15) is 27.2 Å². The Labute approximate surface area is 146 Å². The highest BCUT2D eigenvalue weighted by molar-refractivity contribution is 5.89. The molecule has 1 atom stereocenters. The van der Waals surface area contributed by atoms with Crippen molar-refractivity contribution in [2.75, 3.05) is 25.0 Å². The van der Waals surface area contributed by atoms with Gasteiger partial charge in [0, 0.05) is 12.6 Å². The second kappa shape index (κ2) is 6.51. The van der Waals surface area contributed by atoms with Crippen molar-refractivity contribution in [3.63, 3.8) is 0 Å². The summed E-state index contributed by atoms with van der Waals surface area (Å²) >= 11 is 0. The van der Waals surface area contributed by atoms with E-state index in [1.54, 1.807) is 29.4 Å². The summed E-state index contributed by atoms with van der Waals surface area (Å²) in [5, 5.41) is 5.63. The van der Waals surface area contributed by atoms with Gasteiger partial charge in [-0.1, -0.05) is 0 Å². The average molecular weight is 348 g/mol. The lowest BCUT2D eigenvalue weighted by molar-refractivity contribution is -0.109. The maximum absolute atomic E-state index is 12.0. The molecule has 25 heavy (non-hydrogen) atoms. The van der Waals surface area contributed by atoms with Crippen LogP contribution >= 0.6 is 0 Å². The fraction of sp³-hybridized carbons (Fsp3) is 0.588. The summed E-state index contributed by atoms with van der Waals surface area (Å²) in [5.74, 6) is 0. The average Bonchev–Trinajstić information content (AvgIpc) is 2.89. The summed E-state index contributed by atoms with van der Waals surface area (Å²) in [5.41, 5.74) is -0.248. The summed E-state index contributed by atoms with van der Waals surface area (Å²) in [6.07, 6.45) is 3.57. The molecule has 1 spiro atoms. The molecule has 2 N–H and O–H groups in total. The zero-order valence-corrected chi connectivity index (χ0v) is 14.7. The molecule has 3 rings (SSSR count). The van der Waals surface area contributed by atoms with Crippen molar-refractivity contribution in [3.8, 4) is 0 Å². The minimum atomic E-state index is -0.509. The molecule has 2 saturated heterocycles. The van der Waals surface area contributed by atoms with Gasteiger partial charge >= 0.3 is 12.1 Å². The molecule has 0 aliphatic carbocycles. The summed E-state index contributed by atoms with van der Waals surface area (Å²) in [6.45, 7) is 6.94. The summed E-state index contributed by atoms with van der Waals surface area (Å²) in [6, 6.07) is 3.15. The third kappa shape index (κ3) is 4.39. The molecule has 2 aliphatic rings. The first-order chi connectivity index (χ1) is 11.7. The topological polar surface area (TPSA) is 92.8 Å². The first kappa shape index (κ1) is 17.5. The zero-order valence-electron chi connectivity index (χ0n) is 14.7. The quantitative estimate of drug-likeness (QED) is 0.852. The molecule has 0 aromatic carbocycles. The van der Waals surface area contributed by atoms with Crippen molar-refractivity contribution in [2.24, 2.45) is 0 Å². The third-order valence-corrected chi connectivity index (χ3v) is 4.07. The van der Waals surface area contributed by atoms with Crippen molar-refractivity contribution in [1.29, 1.82) is 0 Å². The molecule has 8 heteroatoms. The van der Waals surface area contributed by atoms with Gasteiger partial charge in [-0.05, 0) is 32.9 Å². The molecule has 8 nitrogen and oxygen atoms in total. The second-order valence-electron chi connectivity index (χ2n) is 7.57. The van der Waals surface area contributed by atoms with Crippen LogP contribution in [-0.4, -0.2) is 58.9 Å². The van der Waals surface area contributed by atoms with Gasteiger partial charge in [0.05, 0.1) is 37.6 Å². The van der Waals surface area contributed by atoms with E-state index in [2.05, 4.69) is 15.6 Å². The largest absolute Gasteiger partial charge is 0.444 e. The van der Waals surface area contributed by atoms with Gasteiger partial charge in [-0.15, -0.1) is 0 Å². The van der Waals surface area contributed by atoms with E-state index in [0.717, 1.165) is 0 Å². The van der Waals surface area contributed by atoms with Gasteiger partial charge in [0.15, 0.2) is 0 Å². The van der Waals surface area contributed by atoms with Crippen molar-refractivity contribution < 1.29 is 19.1 Å². The lowest BCUT2D eigenvalue weighted by atomic mass is 9.90. The molecular formula is C17H24N4O4. The van der Waals surface area contributed by atoms with Crippen LogP contribution in [-0.2, 0) is 9.47 Å². The smallest absolute Gasteiger partial charge is 0.410 e. The van der Waals surface area contributed by atoms with Gasteiger partial charge in [0.2, 0.25) is 0 Å². The molecule has 2 aliphatic heterocycles. The molecule has 0 bridgehead atoms. The lowest BCUT2D eigenvalue weighted by Crippen LogP contribution is -2.64. The Morgan fingerprint density at radius 1 is 1.40 bits per heavy atom. The number of rotatable bonds is 2. The van der Waals surface area contributed by atoms with Gasteiger partial charge < -0.3 is 25.0 Å². The number of nitrogens with one attached hydrogen (secondary N) is 2. The number of amides is 3. The Bertz CT molecular complexity index is 638. The molecule has 0 saturated carbocycles. The molecule has 3 heterocycles. The number of likely N-dealkylation sites (tertiary alicyclic amines) is 1. The van der Waals surface area contributed by atoms with Gasteiger partial charge in [-0.25, -0.2) is 9.59 Å². The van der Waals surface area contributed by atoms with E-state index >= 15 is 0 Å². The second-order valence-corrected chi connectivity index (χ2v) is 7.57. The fourth-order valence-electron chi connectivity index (χ4n) is 3.05. The summed E-state index contributed by atoms with van der Waals surface area (Å²) < 4.78 is 11.2. The fourth-order valence-corrected chi connectivity index (χ4v) is 3.05. The number of carbonyl (C=O) groups excluding carboxylic acids is 2. The Morgan fingerprint density at radius 2 is 2.16 bits per heavy atom. The molecule has 136 valence electrons. The number of carbonyl (C=O) groups is 2. The van der Waals surface area contributed by atoms with E-state index in [0.29, 0.717) is 31.8 Å². The van der Waals surface area contributed by atoms with Crippen LogP contribution in [0.2, 0.25) is 0 Å². The standard InChI is InChI=1S/C17H24N4O4/c1-16(2,3)25-15(23)21-10-17(11-21)7-13(9-24-17)20-14(22)19-12-5-4-6-18-8-12/h4-6,8,13H,7,9-11H2,1-3H3,(H2,19,20,22)/t13-/m0/s1. The number of aromatic nitrogens is 1. The molecule has 3 amide bonds. The highest BCUT2D eigenvalue weighted by Gasteiger charge is 2.52. The van der Waals surface area contributed by atoms with E-state index in [9.17, 15) is 9.59 Å². The molecule has 1 aromatic rings. The van der Waals surface area contributed by atoms with Crippen LogP contribution in [0.3, 0.4) is 0 Å². The van der Waals surface area contributed by atoms with E-state index in [1.807, 2.05) is 20.8 Å². The molecule has 2 fully saturated rings. The highest BCUT2D eigenvalue weighted by atomic mass is 16.6. The monoisotopic (exact) mass is 348 g/mol. The number of urea groups is 1. The molecule has 0 unspecified atom stereocenters. The lowest BCUT2D eigenvalue weighted by Gasteiger charge is -2.46. The van der Waals surface area contributed by atoms with Crippen LogP contribution in [0.4, 0.5) is 15.3 Å². The Kier molecular flexibility index (Phi) is 4.55. The minimum absolute atomic E-state index is 0.0857. The van der Waals surface area contributed by atoms with Gasteiger partial charge in [-0.3, -0.25) is 4.98 Å². The van der Waals surface area contributed by atoms with Crippen molar-refractivity contribution >= 4 is 17.8 Å². The third-order valence-electron chi connectivity index (χ3n) is 4.07. The molecule has 0 radical (unpaired) electrons. The minimum Gasteiger partial charge on any atom is -0.444 e. The number of nitrogens with zero attached hydrogens (tertiary/aromatic N) is 2. The Morgan fingerprint density at radius 3 is 2.80 bits per heavy atom. The van der Waals surface area contributed by atoms with E-state index in [4.69, 9.17) is 9.47 Å². The first-order valence-electron chi connectivity index (χ1n) is 8.34. The number of pyridine rings is 1. The summed E-state index contributed by atoms with van der Waals surface area (Å²) in [4.78, 5) is 29.6. The highest BCUT2D eigenvalue weighted by Crippen LogP contribution is 2.35. The van der Waals surface area contributed by atoms with Crippen LogP contribution in [0.15, 0.2) is 24.5 Å². The first-order valence-corrected chi connectivity index (χ1v) is 8.34. The van der Waals surface area contributed by atoms with Gasteiger partial charge in [0.25, 0.3) is 0 Å². The summed E-state index contributed by atoms with van der Waals surface area (Å²) in [7, 11) is 0. The number of hydrogen-bond donors (Lipinski definition) is 2. The number of ether oxygens (including phenoxy) is 2. The van der Waals surface area contributed by atoms with E-state index in [1.165, 1.54) is 0 Å².